The molecule has 5 nitrogen and oxygen atoms in total. The van der Waals surface area contributed by atoms with Crippen LogP contribution in [0, 0.1) is 6.92 Å². The number of thioether (sulfide) groups is 1. The zero-order chi connectivity index (χ0) is 14.8. The molecule has 112 valence electrons. The van der Waals surface area contributed by atoms with Crippen molar-refractivity contribution in [2.24, 2.45) is 0 Å². The molecule has 1 saturated heterocycles. The molecule has 1 fully saturated rings. The van der Waals surface area contributed by atoms with Crippen LogP contribution in [0.25, 0.3) is 11.0 Å². The summed E-state index contributed by atoms with van der Waals surface area (Å²) in [5.41, 5.74) is 3.14. The number of carbonyl (C=O) groups is 1. The Balaban J connectivity index is 2.03. The number of hydrogen-bond donors (Lipinski definition) is 1. The van der Waals surface area contributed by atoms with Crippen LogP contribution >= 0.6 is 11.8 Å². The number of rotatable bonds is 4. The van der Waals surface area contributed by atoms with Crippen molar-refractivity contribution >= 4 is 28.8 Å². The minimum atomic E-state index is -0.824. The zero-order valence-electron chi connectivity index (χ0n) is 11.9. The number of imidazole rings is 1. The lowest BCUT2D eigenvalue weighted by molar-refractivity contribution is -0.133. The molecule has 0 radical (unpaired) electrons. The van der Waals surface area contributed by atoms with Crippen molar-refractivity contribution in [3.8, 4) is 0 Å². The van der Waals surface area contributed by atoms with Crippen LogP contribution in [0.5, 0.6) is 0 Å². The molecule has 0 bridgehead atoms. The molecule has 2 aromatic rings. The Morgan fingerprint density at radius 2 is 2.43 bits per heavy atom. The molecule has 6 heteroatoms. The monoisotopic (exact) mass is 306 g/mol. The van der Waals surface area contributed by atoms with Gasteiger partial charge < -0.3 is 14.4 Å². The molecule has 2 heterocycles. The molecule has 1 unspecified atom stereocenters. The number of ether oxygens (including phenoxy) is 1. The van der Waals surface area contributed by atoms with Gasteiger partial charge in [-0.1, -0.05) is 17.8 Å². The van der Waals surface area contributed by atoms with E-state index in [4.69, 9.17) is 9.84 Å². The van der Waals surface area contributed by atoms with E-state index in [1.165, 1.54) is 11.8 Å². The molecule has 0 aliphatic carbocycles. The largest absolute Gasteiger partial charge is 0.481 e. The summed E-state index contributed by atoms with van der Waals surface area (Å²) < 4.78 is 7.74. The summed E-state index contributed by atoms with van der Waals surface area (Å²) in [5.74, 6) is -0.801. The summed E-state index contributed by atoms with van der Waals surface area (Å²) in [6.45, 7) is 3.51. The SMILES string of the molecule is Cc1ccc2c(c1)nc(SCC(=O)O)n2C1CCCOC1. The first-order valence-corrected chi connectivity index (χ1v) is 8.04. The summed E-state index contributed by atoms with van der Waals surface area (Å²) in [7, 11) is 0. The van der Waals surface area contributed by atoms with Gasteiger partial charge in [-0.25, -0.2) is 4.98 Å². The van der Waals surface area contributed by atoms with Crippen molar-refractivity contribution in [1.29, 1.82) is 0 Å². The summed E-state index contributed by atoms with van der Waals surface area (Å²) in [4.78, 5) is 15.5. The van der Waals surface area contributed by atoms with Crippen LogP contribution in [0.4, 0.5) is 0 Å². The first-order valence-electron chi connectivity index (χ1n) is 7.06. The molecule has 1 aliphatic rings. The van der Waals surface area contributed by atoms with Crippen LogP contribution in [0.2, 0.25) is 0 Å². The van der Waals surface area contributed by atoms with Gasteiger partial charge in [-0.15, -0.1) is 0 Å². The third-order valence-electron chi connectivity index (χ3n) is 3.64. The van der Waals surface area contributed by atoms with Crippen molar-refractivity contribution in [3.63, 3.8) is 0 Å². The van der Waals surface area contributed by atoms with Gasteiger partial charge in [0.05, 0.1) is 29.4 Å². The topological polar surface area (TPSA) is 64.3 Å². The molecule has 0 spiro atoms. The molecule has 0 saturated carbocycles. The van der Waals surface area contributed by atoms with Gasteiger partial charge in [0, 0.05) is 6.61 Å². The fraction of sp³-hybridized carbons (Fsp3) is 0.467. The first-order chi connectivity index (χ1) is 10.1. The van der Waals surface area contributed by atoms with Crippen LogP contribution in [0.15, 0.2) is 23.4 Å². The van der Waals surface area contributed by atoms with E-state index < -0.39 is 5.97 Å². The summed E-state index contributed by atoms with van der Waals surface area (Å²) >= 11 is 1.28. The molecular weight excluding hydrogens is 288 g/mol. The molecule has 3 rings (SSSR count). The lowest BCUT2D eigenvalue weighted by atomic mass is 10.1. The Morgan fingerprint density at radius 3 is 3.14 bits per heavy atom. The maximum absolute atomic E-state index is 10.8. The minimum Gasteiger partial charge on any atom is -0.481 e. The summed E-state index contributed by atoms with van der Waals surface area (Å²) in [5, 5.41) is 9.68. The average molecular weight is 306 g/mol. The smallest absolute Gasteiger partial charge is 0.313 e. The van der Waals surface area contributed by atoms with E-state index in [1.807, 2.05) is 13.0 Å². The zero-order valence-corrected chi connectivity index (χ0v) is 12.7. The average Bonchev–Trinajstić information content (AvgIpc) is 2.83. The highest BCUT2D eigenvalue weighted by molar-refractivity contribution is 7.99. The van der Waals surface area contributed by atoms with Gasteiger partial charge in [0.1, 0.15) is 0 Å². The van der Waals surface area contributed by atoms with Crippen LogP contribution < -0.4 is 0 Å². The third kappa shape index (κ3) is 3.06. The number of fused-ring (bicyclic) bond motifs is 1. The van der Waals surface area contributed by atoms with Crippen molar-refractivity contribution < 1.29 is 14.6 Å². The maximum atomic E-state index is 10.8. The highest BCUT2D eigenvalue weighted by Crippen LogP contribution is 2.31. The van der Waals surface area contributed by atoms with E-state index in [9.17, 15) is 4.79 Å². The molecule has 21 heavy (non-hydrogen) atoms. The first kappa shape index (κ1) is 14.4. The Bertz CT molecular complexity index is 662. The molecule has 1 aromatic heterocycles. The van der Waals surface area contributed by atoms with Crippen molar-refractivity contribution in [2.45, 2.75) is 31.0 Å². The number of aromatic nitrogens is 2. The van der Waals surface area contributed by atoms with Gasteiger partial charge in [-0.2, -0.15) is 0 Å². The Morgan fingerprint density at radius 1 is 1.57 bits per heavy atom. The highest BCUT2D eigenvalue weighted by Gasteiger charge is 2.22. The second-order valence-corrected chi connectivity index (χ2v) is 6.25. The molecule has 0 amide bonds. The lowest BCUT2D eigenvalue weighted by Gasteiger charge is -2.25. The third-order valence-corrected chi connectivity index (χ3v) is 4.58. The van der Waals surface area contributed by atoms with Gasteiger partial charge in [-0.05, 0) is 37.5 Å². The number of carboxylic acids is 1. The standard InChI is InChI=1S/C15H18N2O3S/c1-10-4-5-13-12(7-10)16-15(21-9-14(18)19)17(13)11-3-2-6-20-8-11/h4-5,7,11H,2-3,6,8-9H2,1H3,(H,18,19). The highest BCUT2D eigenvalue weighted by atomic mass is 32.2. The van der Waals surface area contributed by atoms with Crippen molar-refractivity contribution in [2.75, 3.05) is 19.0 Å². The predicted octanol–water partition coefficient (Wildman–Crippen LogP) is 2.87. The second kappa shape index (κ2) is 6.07. The number of aliphatic carboxylic acids is 1. The van der Waals surface area contributed by atoms with Gasteiger partial charge in [0.15, 0.2) is 5.16 Å². The van der Waals surface area contributed by atoms with Crippen LogP contribution in [-0.4, -0.2) is 39.6 Å². The Hall–Kier alpha value is -1.53. The number of hydrogen-bond acceptors (Lipinski definition) is 4. The van der Waals surface area contributed by atoms with Crippen LogP contribution in [0.1, 0.15) is 24.4 Å². The predicted molar refractivity (Wildman–Crippen MR) is 81.9 cm³/mol. The van der Waals surface area contributed by atoms with Crippen LogP contribution in [0.3, 0.4) is 0 Å². The maximum Gasteiger partial charge on any atom is 0.313 e. The molecular formula is C15H18N2O3S. The van der Waals surface area contributed by atoms with E-state index in [1.54, 1.807) is 0 Å². The summed E-state index contributed by atoms with van der Waals surface area (Å²) in [6.07, 6.45) is 2.07. The van der Waals surface area contributed by atoms with E-state index in [0.717, 1.165) is 41.2 Å². The number of nitrogens with zero attached hydrogens (tertiary/aromatic N) is 2. The van der Waals surface area contributed by atoms with E-state index in [2.05, 4.69) is 21.7 Å². The normalized spacial score (nSPS) is 19.0. The minimum absolute atomic E-state index is 0.0237. The molecule has 1 N–H and O–H groups in total. The quantitative estimate of drug-likeness (QED) is 0.880. The van der Waals surface area contributed by atoms with Crippen LogP contribution in [-0.2, 0) is 9.53 Å². The van der Waals surface area contributed by atoms with E-state index in [0.29, 0.717) is 6.61 Å². The van der Waals surface area contributed by atoms with Gasteiger partial charge in [0.2, 0.25) is 0 Å². The van der Waals surface area contributed by atoms with Gasteiger partial charge in [0.25, 0.3) is 0 Å². The molecule has 1 aromatic carbocycles. The van der Waals surface area contributed by atoms with E-state index in [-0.39, 0.29) is 11.8 Å². The van der Waals surface area contributed by atoms with Crippen molar-refractivity contribution in [1.82, 2.24) is 9.55 Å². The number of carboxylic acid groups (broad SMARTS) is 1. The number of benzene rings is 1. The Labute approximate surface area is 127 Å². The second-order valence-electron chi connectivity index (χ2n) is 5.31. The summed E-state index contributed by atoms with van der Waals surface area (Å²) in [6, 6.07) is 6.41. The van der Waals surface area contributed by atoms with Crippen molar-refractivity contribution in [3.05, 3.63) is 23.8 Å². The fourth-order valence-electron chi connectivity index (χ4n) is 2.70. The molecule has 1 atom stereocenters. The Kier molecular flexibility index (Phi) is 4.17. The van der Waals surface area contributed by atoms with E-state index >= 15 is 0 Å². The molecule has 1 aliphatic heterocycles. The lowest BCUT2D eigenvalue weighted by Crippen LogP contribution is -2.22. The number of aryl methyl sites for hydroxylation is 1. The van der Waals surface area contributed by atoms with Gasteiger partial charge in [-0.3, -0.25) is 4.79 Å². The van der Waals surface area contributed by atoms with Gasteiger partial charge >= 0.3 is 5.97 Å². The fourth-order valence-corrected chi connectivity index (χ4v) is 3.50.